The number of halogens is 6. The third-order valence-corrected chi connectivity index (χ3v) is 0.986. The van der Waals surface area contributed by atoms with Crippen LogP contribution in [0.25, 0.3) is 0 Å². The molecule has 0 spiro atoms. The van der Waals surface area contributed by atoms with Gasteiger partial charge in [0, 0.05) is 0 Å². The van der Waals surface area contributed by atoms with Gasteiger partial charge < -0.3 is 5.32 Å². The van der Waals surface area contributed by atoms with Gasteiger partial charge in [0.05, 0.1) is 13.1 Å². The second-order valence-corrected chi connectivity index (χ2v) is 4.74. The summed E-state index contributed by atoms with van der Waals surface area (Å²) in [4.78, 5) is 0. The van der Waals surface area contributed by atoms with Gasteiger partial charge in [-0.1, -0.05) is 13.8 Å². The maximum atomic E-state index is 9.87. The quantitative estimate of drug-likeness (QED) is 0.442. The van der Waals surface area contributed by atoms with E-state index in [1.54, 1.807) is 0 Å². The summed E-state index contributed by atoms with van der Waals surface area (Å²) >= 11 is 0. The zero-order chi connectivity index (χ0) is 11.9. The van der Waals surface area contributed by atoms with E-state index < -0.39 is 7.81 Å². The Morgan fingerprint density at radius 1 is 0.786 bits per heavy atom. The van der Waals surface area contributed by atoms with Gasteiger partial charge >= 0.3 is 33.0 Å². The first-order chi connectivity index (χ1) is 5.86. The fourth-order valence-electron chi connectivity index (χ4n) is 0.553. The number of quaternary nitrogens is 1. The van der Waals surface area contributed by atoms with Crippen molar-refractivity contribution in [3.05, 3.63) is 0 Å². The van der Waals surface area contributed by atoms with Crippen LogP contribution in [0.3, 0.4) is 0 Å². The first kappa shape index (κ1) is 16.4. The summed E-state index contributed by atoms with van der Waals surface area (Å²) in [5, 5.41) is 2.36. The molecule has 0 atom stereocenters. The summed E-state index contributed by atoms with van der Waals surface area (Å²) in [5.74, 6) is 0. The van der Waals surface area contributed by atoms with Crippen molar-refractivity contribution in [2.75, 3.05) is 13.1 Å². The van der Waals surface area contributed by atoms with E-state index in [9.17, 15) is 25.2 Å². The molecule has 0 unspecified atom stereocenters. The molecule has 0 radical (unpaired) electrons. The Morgan fingerprint density at radius 2 is 1.00 bits per heavy atom. The zero-order valence-electron chi connectivity index (χ0n) is 8.12. The Hall–Kier alpha value is -0.0300. The number of hydrogen-bond acceptors (Lipinski definition) is 0. The van der Waals surface area contributed by atoms with E-state index in [1.807, 2.05) is 0 Å². The van der Waals surface area contributed by atoms with Gasteiger partial charge in [0.15, 0.2) is 0 Å². The van der Waals surface area contributed by atoms with E-state index in [1.165, 1.54) is 25.9 Å². The number of hydrogen-bond donors (Lipinski definition) is 1. The summed E-state index contributed by atoms with van der Waals surface area (Å²) in [7, 11) is -10.7. The molecule has 0 amide bonds. The minimum absolute atomic E-state index is 1.30. The summed E-state index contributed by atoms with van der Waals surface area (Å²) in [5.41, 5.74) is 0. The fraction of sp³-hybridized carbons (Fsp3) is 1.00. The van der Waals surface area contributed by atoms with E-state index >= 15 is 0 Å². The molecule has 0 aromatic carbocycles. The van der Waals surface area contributed by atoms with Gasteiger partial charge in [-0.3, -0.25) is 0 Å². The monoisotopic (exact) mass is 247 g/mol. The molecule has 14 heavy (non-hydrogen) atoms. The summed E-state index contributed by atoms with van der Waals surface area (Å²) in [6.07, 6.45) is 2.61. The van der Waals surface area contributed by atoms with E-state index in [0.717, 1.165) is 0 Å². The number of nitrogens with two attached hydrogens (primary N) is 1. The fourth-order valence-corrected chi connectivity index (χ4v) is 0.553. The summed E-state index contributed by atoms with van der Waals surface area (Å²) in [6.45, 7) is 7.03. The van der Waals surface area contributed by atoms with Gasteiger partial charge in [0.1, 0.15) is 0 Å². The SMILES string of the molecule is CCC[NH2+]CCC.F[P-](F)(F)(F)(F)F. The molecule has 8 heteroatoms. The van der Waals surface area contributed by atoms with Crippen LogP contribution in [0.5, 0.6) is 0 Å². The van der Waals surface area contributed by atoms with Crippen molar-refractivity contribution in [1.29, 1.82) is 0 Å². The Labute approximate surface area is 79.1 Å². The van der Waals surface area contributed by atoms with Crippen molar-refractivity contribution in [2.45, 2.75) is 26.7 Å². The first-order valence-corrected chi connectivity index (χ1v) is 6.27. The van der Waals surface area contributed by atoms with Crippen LogP contribution in [0.1, 0.15) is 26.7 Å². The Morgan fingerprint density at radius 3 is 1.14 bits per heavy atom. The molecule has 0 saturated carbocycles. The zero-order valence-corrected chi connectivity index (χ0v) is 9.02. The van der Waals surface area contributed by atoms with Crippen molar-refractivity contribution in [2.24, 2.45) is 0 Å². The third-order valence-electron chi connectivity index (χ3n) is 0.986. The van der Waals surface area contributed by atoms with Crippen LogP contribution in [0.4, 0.5) is 25.2 Å². The normalized spacial score (nSPS) is 16.3. The van der Waals surface area contributed by atoms with Crippen molar-refractivity contribution in [3.8, 4) is 0 Å². The molecule has 0 saturated heterocycles. The molecule has 0 fully saturated rings. The summed E-state index contributed by atoms with van der Waals surface area (Å²) < 4.78 is 59.2. The molecule has 0 aromatic rings. The average molecular weight is 247 g/mol. The second kappa shape index (κ2) is 4.66. The molecule has 0 bridgehead atoms. The molecule has 0 aliphatic rings. The van der Waals surface area contributed by atoms with Gasteiger partial charge in [-0.15, -0.1) is 0 Å². The predicted octanol–water partition coefficient (Wildman–Crippen LogP) is 3.75. The standard InChI is InChI=1S/C6H15N.F6P/c1-3-5-7-6-4-2;1-7(2,3,4,5)6/h7H,3-6H2,1-2H3;/q;-1/p+1. The van der Waals surface area contributed by atoms with Gasteiger partial charge in [0.25, 0.3) is 0 Å². The first-order valence-electron chi connectivity index (χ1n) is 4.24. The number of rotatable bonds is 4. The topological polar surface area (TPSA) is 16.6 Å². The van der Waals surface area contributed by atoms with Crippen LogP contribution in [0.15, 0.2) is 0 Å². The molecule has 0 aliphatic carbocycles. The van der Waals surface area contributed by atoms with Crippen molar-refractivity contribution in [3.63, 3.8) is 0 Å². The van der Waals surface area contributed by atoms with Gasteiger partial charge in [0.2, 0.25) is 0 Å². The van der Waals surface area contributed by atoms with E-state index in [4.69, 9.17) is 0 Å². The Kier molecular flexibility index (Phi) is 5.46. The van der Waals surface area contributed by atoms with Crippen LogP contribution in [0, 0.1) is 0 Å². The van der Waals surface area contributed by atoms with Crippen molar-refractivity contribution in [1.82, 2.24) is 0 Å². The Balaban J connectivity index is 0. The van der Waals surface area contributed by atoms with Gasteiger partial charge in [-0.05, 0) is 12.8 Å². The molecule has 0 aromatic heterocycles. The molecular formula is C6H16F6NP. The van der Waals surface area contributed by atoms with Gasteiger partial charge in [-0.25, -0.2) is 0 Å². The summed E-state index contributed by atoms with van der Waals surface area (Å²) in [6, 6.07) is 0. The van der Waals surface area contributed by atoms with Gasteiger partial charge in [-0.2, -0.15) is 0 Å². The van der Waals surface area contributed by atoms with Crippen LogP contribution in [-0.2, 0) is 0 Å². The molecule has 0 aliphatic heterocycles. The van der Waals surface area contributed by atoms with Crippen LogP contribution in [-0.4, -0.2) is 13.1 Å². The van der Waals surface area contributed by atoms with E-state index in [-0.39, 0.29) is 0 Å². The Bertz CT molecular complexity index is 133. The minimum atomic E-state index is -10.7. The van der Waals surface area contributed by atoms with Crippen LogP contribution < -0.4 is 5.32 Å². The van der Waals surface area contributed by atoms with E-state index in [0.29, 0.717) is 0 Å². The van der Waals surface area contributed by atoms with Crippen molar-refractivity contribution >= 4 is 7.81 Å². The predicted molar refractivity (Wildman–Crippen MR) is 45.8 cm³/mol. The second-order valence-electron chi connectivity index (χ2n) is 2.82. The molecule has 92 valence electrons. The third kappa shape index (κ3) is 91.4. The average Bonchev–Trinajstić information content (AvgIpc) is 1.82. The molecule has 0 rings (SSSR count). The molecule has 2 N–H and O–H groups in total. The molecular weight excluding hydrogens is 231 g/mol. The van der Waals surface area contributed by atoms with Crippen molar-refractivity contribution < 1.29 is 30.5 Å². The maximum absolute atomic E-state index is 10.7. The molecule has 1 nitrogen and oxygen atoms in total. The van der Waals surface area contributed by atoms with Crippen LogP contribution in [0.2, 0.25) is 0 Å². The van der Waals surface area contributed by atoms with E-state index in [2.05, 4.69) is 19.2 Å². The van der Waals surface area contributed by atoms with Crippen LogP contribution >= 0.6 is 7.81 Å². The molecule has 0 heterocycles.